The molecule has 1 atom stereocenters. The lowest BCUT2D eigenvalue weighted by atomic mass is 10.1. The Labute approximate surface area is 92.7 Å². The number of carbonyl (C=O) groups is 2. The van der Waals surface area contributed by atoms with E-state index in [4.69, 9.17) is 14.6 Å². The highest BCUT2D eigenvalue weighted by molar-refractivity contribution is 5.91. The molecule has 0 aliphatic heterocycles. The zero-order chi connectivity index (χ0) is 12.3. The van der Waals surface area contributed by atoms with E-state index >= 15 is 0 Å². The van der Waals surface area contributed by atoms with Crippen LogP contribution >= 0.6 is 0 Å². The van der Waals surface area contributed by atoms with Crippen LogP contribution in [-0.2, 0) is 11.2 Å². The summed E-state index contributed by atoms with van der Waals surface area (Å²) in [5, 5.41) is 17.8. The fraction of sp³-hybridized carbons (Fsp3) is 0.455. The van der Waals surface area contributed by atoms with Crippen molar-refractivity contribution in [2.24, 2.45) is 0 Å². The minimum atomic E-state index is -1.16. The standard InChI is InChI=1S/C11H14O5/c1-3-4-7-5-8(11(14)15)9(16-7)6(2)10(12)13/h5-6H,3-4H2,1-2H3,(H,12,13)(H,14,15). The van der Waals surface area contributed by atoms with Crippen LogP contribution in [0.3, 0.4) is 0 Å². The molecule has 5 heteroatoms. The van der Waals surface area contributed by atoms with E-state index in [-0.39, 0.29) is 11.3 Å². The first-order chi connectivity index (χ1) is 7.47. The first-order valence-corrected chi connectivity index (χ1v) is 5.06. The second-order valence-corrected chi connectivity index (χ2v) is 3.61. The van der Waals surface area contributed by atoms with Crippen LogP contribution in [0.4, 0.5) is 0 Å². The number of hydrogen-bond donors (Lipinski definition) is 2. The average Bonchev–Trinajstić information content (AvgIpc) is 2.61. The highest BCUT2D eigenvalue weighted by atomic mass is 16.4. The van der Waals surface area contributed by atoms with Gasteiger partial charge in [-0.25, -0.2) is 4.79 Å². The quantitative estimate of drug-likeness (QED) is 0.802. The average molecular weight is 226 g/mol. The van der Waals surface area contributed by atoms with Gasteiger partial charge in [-0.15, -0.1) is 0 Å². The van der Waals surface area contributed by atoms with Gasteiger partial charge < -0.3 is 14.6 Å². The number of aromatic carboxylic acids is 1. The molecule has 0 amide bonds. The summed E-state index contributed by atoms with van der Waals surface area (Å²) in [5.41, 5.74) is -0.0571. The van der Waals surface area contributed by atoms with E-state index in [0.717, 1.165) is 6.42 Å². The van der Waals surface area contributed by atoms with Gasteiger partial charge in [0.05, 0.1) is 0 Å². The fourth-order valence-corrected chi connectivity index (χ4v) is 1.43. The third kappa shape index (κ3) is 2.42. The van der Waals surface area contributed by atoms with Crippen molar-refractivity contribution in [1.82, 2.24) is 0 Å². The molecule has 0 fully saturated rings. The molecular weight excluding hydrogens is 212 g/mol. The number of rotatable bonds is 5. The van der Waals surface area contributed by atoms with E-state index in [1.165, 1.54) is 13.0 Å². The van der Waals surface area contributed by atoms with Crippen molar-refractivity contribution < 1.29 is 24.2 Å². The van der Waals surface area contributed by atoms with Crippen LogP contribution in [0, 0.1) is 0 Å². The minimum absolute atomic E-state index is 0.0171. The van der Waals surface area contributed by atoms with Crippen molar-refractivity contribution in [3.63, 3.8) is 0 Å². The van der Waals surface area contributed by atoms with Gasteiger partial charge in [0.25, 0.3) is 0 Å². The van der Waals surface area contributed by atoms with Gasteiger partial charge in [0.1, 0.15) is 23.0 Å². The van der Waals surface area contributed by atoms with Crippen LogP contribution in [0.5, 0.6) is 0 Å². The van der Waals surface area contributed by atoms with Gasteiger partial charge in [0.15, 0.2) is 0 Å². The molecule has 16 heavy (non-hydrogen) atoms. The van der Waals surface area contributed by atoms with Gasteiger partial charge >= 0.3 is 11.9 Å². The summed E-state index contributed by atoms with van der Waals surface area (Å²) < 4.78 is 5.28. The molecule has 1 aromatic rings. The van der Waals surface area contributed by atoms with Gasteiger partial charge in [0.2, 0.25) is 0 Å². The Morgan fingerprint density at radius 2 is 2.06 bits per heavy atom. The van der Waals surface area contributed by atoms with E-state index in [2.05, 4.69) is 0 Å². The Kier molecular flexibility index (Phi) is 3.71. The third-order valence-electron chi connectivity index (χ3n) is 2.30. The summed E-state index contributed by atoms with van der Waals surface area (Å²) in [6.45, 7) is 3.34. The van der Waals surface area contributed by atoms with Crippen molar-refractivity contribution >= 4 is 11.9 Å². The summed E-state index contributed by atoms with van der Waals surface area (Å²) in [7, 11) is 0. The van der Waals surface area contributed by atoms with E-state index < -0.39 is 17.9 Å². The normalized spacial score (nSPS) is 12.4. The number of hydrogen-bond acceptors (Lipinski definition) is 3. The molecule has 1 rings (SSSR count). The SMILES string of the molecule is CCCc1cc(C(=O)O)c(C(C)C(=O)O)o1. The molecular formula is C11H14O5. The largest absolute Gasteiger partial charge is 0.481 e. The Balaban J connectivity index is 3.14. The first kappa shape index (κ1) is 12.3. The molecule has 1 heterocycles. The van der Waals surface area contributed by atoms with Crippen LogP contribution in [-0.4, -0.2) is 22.2 Å². The van der Waals surface area contributed by atoms with Crippen molar-refractivity contribution in [3.8, 4) is 0 Å². The molecule has 0 aliphatic carbocycles. The van der Waals surface area contributed by atoms with E-state index in [9.17, 15) is 9.59 Å². The second kappa shape index (κ2) is 4.83. The molecule has 1 unspecified atom stereocenters. The molecule has 0 aliphatic rings. The maximum atomic E-state index is 10.9. The zero-order valence-corrected chi connectivity index (χ0v) is 9.19. The van der Waals surface area contributed by atoms with Crippen LogP contribution in [0.25, 0.3) is 0 Å². The molecule has 5 nitrogen and oxygen atoms in total. The molecule has 0 aromatic carbocycles. The van der Waals surface area contributed by atoms with E-state index in [0.29, 0.717) is 12.2 Å². The predicted molar refractivity (Wildman–Crippen MR) is 55.7 cm³/mol. The molecule has 1 aromatic heterocycles. The highest BCUT2D eigenvalue weighted by Crippen LogP contribution is 2.25. The van der Waals surface area contributed by atoms with E-state index in [1.807, 2.05) is 6.92 Å². The number of aliphatic carboxylic acids is 1. The van der Waals surface area contributed by atoms with Gasteiger partial charge in [0, 0.05) is 6.42 Å². The molecule has 0 saturated heterocycles. The monoisotopic (exact) mass is 226 g/mol. The smallest absolute Gasteiger partial charge is 0.339 e. The lowest BCUT2D eigenvalue weighted by Gasteiger charge is -2.03. The number of furan rings is 1. The lowest BCUT2D eigenvalue weighted by molar-refractivity contribution is -0.138. The topological polar surface area (TPSA) is 87.7 Å². The number of carboxylic acid groups (broad SMARTS) is 2. The van der Waals surface area contributed by atoms with Crippen molar-refractivity contribution in [2.75, 3.05) is 0 Å². The summed E-state index contributed by atoms with van der Waals surface area (Å²) >= 11 is 0. The lowest BCUT2D eigenvalue weighted by Crippen LogP contribution is -2.10. The third-order valence-corrected chi connectivity index (χ3v) is 2.30. The molecule has 2 N–H and O–H groups in total. The predicted octanol–water partition coefficient (Wildman–Crippen LogP) is 2.12. The maximum absolute atomic E-state index is 10.9. The summed E-state index contributed by atoms with van der Waals surface area (Å²) in [5.74, 6) is -2.67. The van der Waals surface area contributed by atoms with Crippen molar-refractivity contribution in [1.29, 1.82) is 0 Å². The second-order valence-electron chi connectivity index (χ2n) is 3.61. The van der Waals surface area contributed by atoms with Crippen LogP contribution in [0.1, 0.15) is 48.1 Å². The van der Waals surface area contributed by atoms with Crippen LogP contribution < -0.4 is 0 Å². The van der Waals surface area contributed by atoms with Gasteiger partial charge in [-0.2, -0.15) is 0 Å². The molecule has 88 valence electrons. The van der Waals surface area contributed by atoms with Crippen molar-refractivity contribution in [3.05, 3.63) is 23.2 Å². The van der Waals surface area contributed by atoms with Gasteiger partial charge in [-0.1, -0.05) is 6.92 Å². The van der Waals surface area contributed by atoms with Crippen molar-refractivity contribution in [2.45, 2.75) is 32.6 Å². The maximum Gasteiger partial charge on any atom is 0.339 e. The van der Waals surface area contributed by atoms with Gasteiger partial charge in [-0.3, -0.25) is 4.79 Å². The molecule has 0 bridgehead atoms. The Bertz CT molecular complexity index is 405. The number of aryl methyl sites for hydroxylation is 1. The molecule has 0 radical (unpaired) electrons. The Morgan fingerprint density at radius 1 is 1.44 bits per heavy atom. The van der Waals surface area contributed by atoms with Gasteiger partial charge in [-0.05, 0) is 19.4 Å². The highest BCUT2D eigenvalue weighted by Gasteiger charge is 2.26. The fourth-order valence-electron chi connectivity index (χ4n) is 1.43. The number of carboxylic acids is 2. The molecule has 0 spiro atoms. The summed E-state index contributed by atoms with van der Waals surface area (Å²) in [6.07, 6.45) is 1.42. The zero-order valence-electron chi connectivity index (χ0n) is 9.19. The Morgan fingerprint density at radius 3 is 2.50 bits per heavy atom. The first-order valence-electron chi connectivity index (χ1n) is 5.06. The van der Waals surface area contributed by atoms with Crippen LogP contribution in [0.15, 0.2) is 10.5 Å². The summed E-state index contributed by atoms with van der Waals surface area (Å²) in [6, 6.07) is 1.40. The minimum Gasteiger partial charge on any atom is -0.481 e. The van der Waals surface area contributed by atoms with Crippen LogP contribution in [0.2, 0.25) is 0 Å². The molecule has 0 saturated carbocycles. The Hall–Kier alpha value is -1.78. The summed E-state index contributed by atoms with van der Waals surface area (Å²) in [4.78, 5) is 21.7. The van der Waals surface area contributed by atoms with E-state index in [1.54, 1.807) is 0 Å².